The highest BCUT2D eigenvalue weighted by atomic mass is 16.5. The summed E-state index contributed by atoms with van der Waals surface area (Å²) in [5, 5.41) is 4.64. The van der Waals surface area contributed by atoms with Crippen molar-refractivity contribution < 1.29 is 4.74 Å². The van der Waals surface area contributed by atoms with E-state index < -0.39 is 0 Å². The summed E-state index contributed by atoms with van der Waals surface area (Å²) in [4.78, 5) is 0. The average Bonchev–Trinajstić information content (AvgIpc) is 2.83. The molecule has 0 fully saturated rings. The van der Waals surface area contributed by atoms with Gasteiger partial charge in [0.1, 0.15) is 18.1 Å². The molecule has 3 rings (SSSR count). The maximum absolute atomic E-state index is 5.93. The van der Waals surface area contributed by atoms with E-state index in [0.29, 0.717) is 19.1 Å². The second-order valence-corrected chi connectivity index (χ2v) is 5.36. The first-order chi connectivity index (χ1) is 9.79. The van der Waals surface area contributed by atoms with Crippen LogP contribution in [0.15, 0.2) is 30.3 Å². The molecule has 1 aliphatic carbocycles. The van der Waals surface area contributed by atoms with Gasteiger partial charge in [0.2, 0.25) is 0 Å². The smallest absolute Gasteiger partial charge is 0.132 e. The molecule has 1 unspecified atom stereocenters. The van der Waals surface area contributed by atoms with E-state index in [2.05, 4.69) is 5.10 Å². The number of rotatable bonds is 4. The number of hydrogen-bond acceptors (Lipinski definition) is 3. The molecule has 0 amide bonds. The summed E-state index contributed by atoms with van der Waals surface area (Å²) >= 11 is 0. The minimum Gasteiger partial charge on any atom is -0.487 e. The molecule has 0 spiro atoms. The number of ether oxygens (including phenoxy) is 1. The third-order valence-corrected chi connectivity index (χ3v) is 4.06. The van der Waals surface area contributed by atoms with Gasteiger partial charge in [-0.3, -0.25) is 4.68 Å². The number of benzene rings is 1. The first kappa shape index (κ1) is 13.2. The second-order valence-electron chi connectivity index (χ2n) is 5.36. The Morgan fingerprint density at radius 1 is 1.35 bits per heavy atom. The minimum absolute atomic E-state index is 0.432. The van der Waals surface area contributed by atoms with E-state index in [1.165, 1.54) is 17.7 Å². The van der Waals surface area contributed by atoms with Crippen molar-refractivity contribution in [1.82, 2.24) is 9.78 Å². The van der Waals surface area contributed by atoms with Gasteiger partial charge in [-0.1, -0.05) is 18.2 Å². The topological polar surface area (TPSA) is 53.1 Å². The Kier molecular flexibility index (Phi) is 3.74. The zero-order valence-corrected chi connectivity index (χ0v) is 11.9. The van der Waals surface area contributed by atoms with Crippen molar-refractivity contribution in [2.45, 2.75) is 31.8 Å². The number of nitrogens with two attached hydrogens (primary N) is 1. The number of para-hydroxylation sites is 1. The Labute approximate surface area is 119 Å². The molecular formula is C16H21N3O. The predicted octanol–water partition coefficient (Wildman–Crippen LogP) is 2.38. The first-order valence-electron chi connectivity index (χ1n) is 7.22. The first-order valence-corrected chi connectivity index (χ1v) is 7.22. The molecule has 0 bridgehead atoms. The van der Waals surface area contributed by atoms with Crippen LogP contribution < -0.4 is 10.5 Å². The van der Waals surface area contributed by atoms with Crippen molar-refractivity contribution in [3.05, 3.63) is 47.3 Å². The van der Waals surface area contributed by atoms with E-state index in [-0.39, 0.29) is 0 Å². The molecule has 1 aliphatic rings. The quantitative estimate of drug-likeness (QED) is 0.929. The standard InChI is InChI=1S/C16H21N3O/c1-19-15-9-5-6-12(10-17)16(15)14(18-19)11-20-13-7-3-2-4-8-13/h2-4,7-8,12H,5-6,9-11,17H2,1H3. The van der Waals surface area contributed by atoms with Gasteiger partial charge in [0.15, 0.2) is 0 Å². The number of nitrogens with zero attached hydrogens (tertiary/aromatic N) is 2. The van der Waals surface area contributed by atoms with E-state index in [0.717, 1.165) is 24.3 Å². The van der Waals surface area contributed by atoms with Gasteiger partial charge in [-0.05, 0) is 43.9 Å². The van der Waals surface area contributed by atoms with Crippen LogP contribution in [0.25, 0.3) is 0 Å². The van der Waals surface area contributed by atoms with Gasteiger partial charge in [0.25, 0.3) is 0 Å². The van der Waals surface area contributed by atoms with Crippen LogP contribution >= 0.6 is 0 Å². The van der Waals surface area contributed by atoms with Gasteiger partial charge in [-0.2, -0.15) is 5.10 Å². The highest BCUT2D eigenvalue weighted by Gasteiger charge is 2.26. The van der Waals surface area contributed by atoms with E-state index in [1.807, 2.05) is 42.1 Å². The number of hydrogen-bond donors (Lipinski definition) is 1. The fourth-order valence-corrected chi connectivity index (χ4v) is 3.07. The Hall–Kier alpha value is -1.81. The monoisotopic (exact) mass is 271 g/mol. The van der Waals surface area contributed by atoms with Crippen LogP contribution in [0.1, 0.15) is 35.7 Å². The highest BCUT2D eigenvalue weighted by molar-refractivity contribution is 5.33. The van der Waals surface area contributed by atoms with Crippen molar-refractivity contribution in [3.63, 3.8) is 0 Å². The molecule has 0 radical (unpaired) electrons. The van der Waals surface area contributed by atoms with E-state index >= 15 is 0 Å². The maximum atomic E-state index is 5.93. The minimum atomic E-state index is 0.432. The van der Waals surface area contributed by atoms with Gasteiger partial charge in [-0.15, -0.1) is 0 Å². The molecule has 0 aliphatic heterocycles. The van der Waals surface area contributed by atoms with Gasteiger partial charge in [-0.25, -0.2) is 0 Å². The zero-order chi connectivity index (χ0) is 13.9. The maximum Gasteiger partial charge on any atom is 0.132 e. The lowest BCUT2D eigenvalue weighted by atomic mass is 9.85. The van der Waals surface area contributed by atoms with E-state index in [9.17, 15) is 0 Å². The molecule has 0 saturated heterocycles. The summed E-state index contributed by atoms with van der Waals surface area (Å²) in [5.41, 5.74) is 9.63. The molecule has 2 N–H and O–H groups in total. The van der Waals surface area contributed by atoms with Crippen LogP contribution in [0.2, 0.25) is 0 Å². The second kappa shape index (κ2) is 5.67. The fourth-order valence-electron chi connectivity index (χ4n) is 3.07. The molecule has 1 aromatic heterocycles. The van der Waals surface area contributed by atoms with Crippen molar-refractivity contribution in [3.8, 4) is 5.75 Å². The molecule has 20 heavy (non-hydrogen) atoms. The third kappa shape index (κ3) is 2.43. The molecule has 2 aromatic rings. The summed E-state index contributed by atoms with van der Waals surface area (Å²) < 4.78 is 7.85. The Morgan fingerprint density at radius 2 is 2.15 bits per heavy atom. The SMILES string of the molecule is Cn1nc(COc2ccccc2)c2c1CCCC2CN. The lowest BCUT2D eigenvalue weighted by molar-refractivity contribution is 0.298. The van der Waals surface area contributed by atoms with Gasteiger partial charge in [0, 0.05) is 18.3 Å². The number of aryl methyl sites for hydroxylation is 1. The molecule has 106 valence electrons. The summed E-state index contributed by atoms with van der Waals surface area (Å²) in [5.74, 6) is 1.31. The number of aromatic nitrogens is 2. The van der Waals surface area contributed by atoms with Crippen molar-refractivity contribution in [2.24, 2.45) is 12.8 Å². The largest absolute Gasteiger partial charge is 0.487 e. The molecule has 1 aromatic carbocycles. The summed E-state index contributed by atoms with van der Waals surface area (Å²) in [6.07, 6.45) is 3.46. The normalized spacial score (nSPS) is 17.8. The summed E-state index contributed by atoms with van der Waals surface area (Å²) in [6.45, 7) is 1.21. The molecule has 1 atom stereocenters. The summed E-state index contributed by atoms with van der Waals surface area (Å²) in [6, 6.07) is 9.88. The Balaban J connectivity index is 1.83. The van der Waals surface area contributed by atoms with Gasteiger partial charge >= 0.3 is 0 Å². The van der Waals surface area contributed by atoms with E-state index in [4.69, 9.17) is 10.5 Å². The van der Waals surface area contributed by atoms with Crippen molar-refractivity contribution in [1.29, 1.82) is 0 Å². The van der Waals surface area contributed by atoms with Gasteiger partial charge < -0.3 is 10.5 Å². The highest BCUT2D eigenvalue weighted by Crippen LogP contribution is 2.33. The molecule has 4 heteroatoms. The van der Waals surface area contributed by atoms with Crippen LogP contribution in [0.5, 0.6) is 5.75 Å². The fraction of sp³-hybridized carbons (Fsp3) is 0.438. The van der Waals surface area contributed by atoms with Crippen molar-refractivity contribution >= 4 is 0 Å². The van der Waals surface area contributed by atoms with Crippen LogP contribution in [0, 0.1) is 0 Å². The van der Waals surface area contributed by atoms with E-state index in [1.54, 1.807) is 0 Å². The Bertz CT molecular complexity index is 577. The van der Waals surface area contributed by atoms with Crippen LogP contribution in [0.4, 0.5) is 0 Å². The van der Waals surface area contributed by atoms with Crippen LogP contribution in [0.3, 0.4) is 0 Å². The van der Waals surface area contributed by atoms with Crippen LogP contribution in [-0.4, -0.2) is 16.3 Å². The average molecular weight is 271 g/mol. The molecule has 4 nitrogen and oxygen atoms in total. The molecule has 1 heterocycles. The lowest BCUT2D eigenvalue weighted by Gasteiger charge is -2.22. The molecule has 0 saturated carbocycles. The third-order valence-electron chi connectivity index (χ3n) is 4.06. The zero-order valence-electron chi connectivity index (χ0n) is 11.9. The molecular weight excluding hydrogens is 250 g/mol. The Morgan fingerprint density at radius 3 is 2.90 bits per heavy atom. The number of fused-ring (bicyclic) bond motifs is 1. The van der Waals surface area contributed by atoms with Gasteiger partial charge in [0.05, 0.1) is 0 Å². The predicted molar refractivity (Wildman–Crippen MR) is 78.7 cm³/mol. The van der Waals surface area contributed by atoms with Crippen molar-refractivity contribution in [2.75, 3.05) is 6.54 Å². The summed E-state index contributed by atoms with van der Waals surface area (Å²) in [7, 11) is 2.02. The van der Waals surface area contributed by atoms with Crippen LogP contribution in [-0.2, 0) is 20.1 Å². The lowest BCUT2D eigenvalue weighted by Crippen LogP contribution is -2.19.